The predicted molar refractivity (Wildman–Crippen MR) is 131 cm³/mol. The summed E-state index contributed by atoms with van der Waals surface area (Å²) in [6.45, 7) is 9.09. The van der Waals surface area contributed by atoms with Gasteiger partial charge in [0.1, 0.15) is 11.4 Å². The zero-order chi connectivity index (χ0) is 26.0. The summed E-state index contributed by atoms with van der Waals surface area (Å²) >= 11 is 0. The summed E-state index contributed by atoms with van der Waals surface area (Å²) in [6.07, 6.45) is 3.88. The number of hydrogen-bond donors (Lipinski definition) is 3. The Balaban J connectivity index is 2.03. The number of anilines is 1. The molecule has 3 rings (SSSR count). The summed E-state index contributed by atoms with van der Waals surface area (Å²) in [5.41, 5.74) is 4.95. The maximum Gasteiger partial charge on any atom is 0.412 e. The molecule has 10 heteroatoms. The molecule has 0 saturated carbocycles. The van der Waals surface area contributed by atoms with Gasteiger partial charge in [-0.15, -0.1) is 0 Å². The zero-order valence-electron chi connectivity index (χ0n) is 20.9. The molecular weight excluding hydrogens is 453 g/mol. The number of halogens is 1. The highest BCUT2D eigenvalue weighted by molar-refractivity contribution is 6.10. The number of carbonyl (C=O) groups is 3. The molecule has 35 heavy (non-hydrogen) atoms. The Morgan fingerprint density at radius 3 is 2.51 bits per heavy atom. The number of nitrogens with zero attached hydrogens (tertiary/aromatic N) is 2. The number of nitrogens with two attached hydrogens (primary N) is 1. The molecule has 1 atom stereocenters. The summed E-state index contributed by atoms with van der Waals surface area (Å²) < 4.78 is 20.9. The first-order valence-corrected chi connectivity index (χ1v) is 11.7. The second kappa shape index (κ2) is 10.1. The number of hydrogen-bond acceptors (Lipinski definition) is 5. The molecule has 1 fully saturated rings. The Morgan fingerprint density at radius 1 is 1.17 bits per heavy atom. The number of benzene rings is 1. The molecule has 1 aliphatic rings. The highest BCUT2D eigenvalue weighted by atomic mass is 19.1. The summed E-state index contributed by atoms with van der Waals surface area (Å²) in [5, 5.41) is 5.40. The largest absolute Gasteiger partial charge is 0.444 e. The molecule has 1 aromatic carbocycles. The van der Waals surface area contributed by atoms with Crippen LogP contribution in [0.15, 0.2) is 36.7 Å². The standard InChI is InChI=1S/C25H34FN5O4/c1-16(2)28-22(33)29-20-15-30(18-10-8-9-17(26)13-18)14-19(20)21(32)25(27)11-6-7-12-31(25)23(34)35-24(3,4)5/h8-10,13-16H,6-7,11-12,27H2,1-5H3,(H2,28,29,33). The molecule has 0 bridgehead atoms. The topological polar surface area (TPSA) is 119 Å². The number of aromatic nitrogens is 1. The molecule has 1 aromatic heterocycles. The van der Waals surface area contributed by atoms with E-state index < -0.39 is 35.0 Å². The van der Waals surface area contributed by atoms with Gasteiger partial charge in [0.05, 0.1) is 11.3 Å². The quantitative estimate of drug-likeness (QED) is 0.540. The van der Waals surface area contributed by atoms with Crippen LogP contribution in [0.2, 0.25) is 0 Å². The molecule has 9 nitrogen and oxygen atoms in total. The molecule has 2 heterocycles. The fourth-order valence-electron chi connectivity index (χ4n) is 3.98. The van der Waals surface area contributed by atoms with E-state index in [4.69, 9.17) is 10.5 Å². The number of urea groups is 1. The van der Waals surface area contributed by atoms with Crippen LogP contribution in [0.1, 0.15) is 64.2 Å². The molecule has 1 saturated heterocycles. The van der Waals surface area contributed by atoms with E-state index in [2.05, 4.69) is 10.6 Å². The van der Waals surface area contributed by atoms with E-state index in [1.54, 1.807) is 46.8 Å². The van der Waals surface area contributed by atoms with Gasteiger partial charge >= 0.3 is 12.1 Å². The average Bonchev–Trinajstić information content (AvgIpc) is 3.15. The highest BCUT2D eigenvalue weighted by Gasteiger charge is 2.47. The molecule has 0 radical (unpaired) electrons. The van der Waals surface area contributed by atoms with Crippen molar-refractivity contribution in [3.8, 4) is 5.69 Å². The normalized spacial score (nSPS) is 18.3. The van der Waals surface area contributed by atoms with Gasteiger partial charge in [-0.05, 0) is 72.1 Å². The number of rotatable bonds is 5. The number of ether oxygens (including phenoxy) is 1. The second-order valence-corrected chi connectivity index (χ2v) is 10.1. The maximum atomic E-state index is 13.9. The third-order valence-electron chi connectivity index (χ3n) is 5.52. The third kappa shape index (κ3) is 6.19. The smallest absolute Gasteiger partial charge is 0.412 e. The van der Waals surface area contributed by atoms with Crippen molar-refractivity contribution in [2.45, 2.75) is 71.2 Å². The van der Waals surface area contributed by atoms with Crippen molar-refractivity contribution in [3.05, 3.63) is 48.0 Å². The van der Waals surface area contributed by atoms with Gasteiger partial charge in [-0.2, -0.15) is 0 Å². The van der Waals surface area contributed by atoms with Crippen molar-refractivity contribution in [2.24, 2.45) is 5.73 Å². The molecule has 2 aromatic rings. The van der Waals surface area contributed by atoms with Crippen LogP contribution in [0.25, 0.3) is 5.69 Å². The molecular formula is C25H34FN5O4. The van der Waals surface area contributed by atoms with Gasteiger partial charge in [-0.25, -0.2) is 14.0 Å². The molecule has 0 spiro atoms. The fourth-order valence-corrected chi connectivity index (χ4v) is 3.98. The van der Waals surface area contributed by atoms with Crippen molar-refractivity contribution >= 4 is 23.6 Å². The van der Waals surface area contributed by atoms with Gasteiger partial charge < -0.3 is 25.7 Å². The van der Waals surface area contributed by atoms with E-state index in [-0.39, 0.29) is 30.3 Å². The van der Waals surface area contributed by atoms with Gasteiger partial charge in [0, 0.05) is 30.7 Å². The second-order valence-electron chi connectivity index (χ2n) is 10.1. The van der Waals surface area contributed by atoms with Gasteiger partial charge in [0.2, 0.25) is 5.78 Å². The van der Waals surface area contributed by atoms with Crippen molar-refractivity contribution in [2.75, 3.05) is 11.9 Å². The average molecular weight is 488 g/mol. The van der Waals surface area contributed by atoms with Crippen molar-refractivity contribution < 1.29 is 23.5 Å². The van der Waals surface area contributed by atoms with Gasteiger partial charge in [0.25, 0.3) is 0 Å². The van der Waals surface area contributed by atoms with Gasteiger partial charge in [0.15, 0.2) is 5.66 Å². The zero-order valence-corrected chi connectivity index (χ0v) is 20.9. The van der Waals surface area contributed by atoms with Crippen LogP contribution < -0.4 is 16.4 Å². The summed E-state index contributed by atoms with van der Waals surface area (Å²) in [7, 11) is 0. The first kappa shape index (κ1) is 26.2. The molecule has 4 N–H and O–H groups in total. The molecule has 190 valence electrons. The summed E-state index contributed by atoms with van der Waals surface area (Å²) in [5.74, 6) is -0.993. The van der Waals surface area contributed by atoms with E-state index in [0.29, 0.717) is 18.5 Å². The summed E-state index contributed by atoms with van der Waals surface area (Å²) in [6, 6.07) is 5.18. The number of nitrogens with one attached hydrogen (secondary N) is 2. The third-order valence-corrected chi connectivity index (χ3v) is 5.52. The van der Waals surface area contributed by atoms with E-state index in [9.17, 15) is 18.8 Å². The first-order valence-electron chi connectivity index (χ1n) is 11.7. The Bertz CT molecular complexity index is 1110. The van der Waals surface area contributed by atoms with E-state index in [1.807, 2.05) is 0 Å². The molecule has 1 unspecified atom stereocenters. The lowest BCUT2D eigenvalue weighted by Gasteiger charge is -2.43. The number of piperidine rings is 1. The van der Waals surface area contributed by atoms with Crippen LogP contribution in [0.3, 0.4) is 0 Å². The van der Waals surface area contributed by atoms with E-state index in [1.165, 1.54) is 34.0 Å². The minimum Gasteiger partial charge on any atom is -0.444 e. The maximum absolute atomic E-state index is 13.9. The van der Waals surface area contributed by atoms with Crippen LogP contribution in [0.5, 0.6) is 0 Å². The molecule has 1 aliphatic heterocycles. The Hall–Kier alpha value is -3.40. The number of carbonyl (C=O) groups excluding carboxylic acids is 3. The number of likely N-dealkylation sites (tertiary alicyclic amines) is 1. The Morgan fingerprint density at radius 2 is 1.89 bits per heavy atom. The molecule has 3 amide bonds. The van der Waals surface area contributed by atoms with Crippen LogP contribution >= 0.6 is 0 Å². The Labute approximate surface area is 204 Å². The lowest BCUT2D eigenvalue weighted by molar-refractivity contribution is -0.00983. The Kier molecular flexibility index (Phi) is 7.54. The van der Waals surface area contributed by atoms with Crippen molar-refractivity contribution in [3.63, 3.8) is 0 Å². The monoisotopic (exact) mass is 487 g/mol. The van der Waals surface area contributed by atoms with Gasteiger partial charge in [-0.1, -0.05) is 6.07 Å². The van der Waals surface area contributed by atoms with Gasteiger partial charge in [-0.3, -0.25) is 9.69 Å². The fraction of sp³-hybridized carbons (Fsp3) is 0.480. The minimum absolute atomic E-state index is 0.103. The van der Waals surface area contributed by atoms with E-state index in [0.717, 1.165) is 0 Å². The molecule has 0 aliphatic carbocycles. The minimum atomic E-state index is -1.67. The lowest BCUT2D eigenvalue weighted by Crippen LogP contribution is -2.65. The first-order chi connectivity index (χ1) is 16.3. The number of amides is 3. The van der Waals surface area contributed by atoms with Crippen molar-refractivity contribution in [1.82, 2.24) is 14.8 Å². The van der Waals surface area contributed by atoms with Crippen LogP contribution in [-0.4, -0.2) is 51.2 Å². The highest BCUT2D eigenvalue weighted by Crippen LogP contribution is 2.32. The SMILES string of the molecule is CC(C)NC(=O)Nc1cn(-c2cccc(F)c2)cc1C(=O)C1(N)CCCCN1C(=O)OC(C)(C)C. The number of Topliss-reactive ketones (excluding diaryl/α,β-unsaturated/α-hetero) is 1. The summed E-state index contributed by atoms with van der Waals surface area (Å²) in [4.78, 5) is 40.6. The lowest BCUT2D eigenvalue weighted by atomic mass is 9.89. The van der Waals surface area contributed by atoms with Crippen LogP contribution in [-0.2, 0) is 4.74 Å². The van der Waals surface area contributed by atoms with Crippen LogP contribution in [0, 0.1) is 5.82 Å². The van der Waals surface area contributed by atoms with Crippen molar-refractivity contribution in [1.29, 1.82) is 0 Å². The van der Waals surface area contributed by atoms with Crippen LogP contribution in [0.4, 0.5) is 19.7 Å². The van der Waals surface area contributed by atoms with E-state index >= 15 is 0 Å². The number of ketones is 1. The predicted octanol–water partition coefficient (Wildman–Crippen LogP) is 4.41.